The van der Waals surface area contributed by atoms with Gasteiger partial charge in [0.05, 0.1) is 0 Å². The number of nitrogens with one attached hydrogen (secondary N) is 2. The molecule has 1 aliphatic heterocycles. The van der Waals surface area contributed by atoms with E-state index in [1.54, 1.807) is 0 Å². The lowest BCUT2D eigenvalue weighted by atomic mass is 9.46. The predicted octanol–water partition coefficient (Wildman–Crippen LogP) is 6.16. The van der Waals surface area contributed by atoms with Gasteiger partial charge in [0.1, 0.15) is 6.61 Å². The summed E-state index contributed by atoms with van der Waals surface area (Å²) in [6.45, 7) is 9.84. The Balaban J connectivity index is 1.18. The van der Waals surface area contributed by atoms with Crippen molar-refractivity contribution in [1.29, 1.82) is 0 Å². The second-order valence-electron chi connectivity index (χ2n) is 12.2. The molecule has 0 bridgehead atoms. The zero-order valence-corrected chi connectivity index (χ0v) is 20.9. The van der Waals surface area contributed by atoms with Crippen molar-refractivity contribution in [1.82, 2.24) is 10.6 Å². The maximum Gasteiger partial charge on any atom is 0.407 e. The predicted molar refractivity (Wildman–Crippen MR) is 133 cm³/mol. The van der Waals surface area contributed by atoms with E-state index in [-0.39, 0.29) is 6.09 Å². The summed E-state index contributed by atoms with van der Waals surface area (Å²) in [6, 6.07) is 10.7. The summed E-state index contributed by atoms with van der Waals surface area (Å²) < 4.78 is 5.45. The van der Waals surface area contributed by atoms with Crippen LogP contribution in [0.3, 0.4) is 0 Å². The molecule has 1 amide bonds. The number of piperidine rings is 1. The maximum atomic E-state index is 12.3. The Bertz CT molecular complexity index is 828. The molecule has 1 unspecified atom stereocenters. The monoisotopic (exact) mass is 452 g/mol. The normalized spacial score (nSPS) is 40.8. The van der Waals surface area contributed by atoms with Gasteiger partial charge in [-0.2, -0.15) is 0 Å². The number of carbonyl (C=O) groups excluding carboxylic acids is 1. The lowest BCUT2D eigenvalue weighted by molar-refractivity contribution is -0.0979. The SMILES string of the molecule is CC(CNC(=O)OCc1ccccc1)[C@H]1CC[C@H]2[C@@H]3CC[C@H]4NCCC[C@]4(C)[C@H]3CC[C@]12C. The van der Waals surface area contributed by atoms with Gasteiger partial charge in [-0.15, -0.1) is 0 Å². The van der Waals surface area contributed by atoms with Gasteiger partial charge >= 0.3 is 6.09 Å². The van der Waals surface area contributed by atoms with Gasteiger partial charge < -0.3 is 15.4 Å². The van der Waals surface area contributed by atoms with Crippen LogP contribution in [0.25, 0.3) is 0 Å². The van der Waals surface area contributed by atoms with Gasteiger partial charge in [-0.3, -0.25) is 0 Å². The first kappa shape index (κ1) is 23.2. The fourth-order valence-corrected chi connectivity index (χ4v) is 9.03. The minimum atomic E-state index is -0.287. The molecule has 8 atom stereocenters. The topological polar surface area (TPSA) is 50.4 Å². The first-order valence-corrected chi connectivity index (χ1v) is 13.6. The lowest BCUT2D eigenvalue weighted by Gasteiger charge is -2.60. The van der Waals surface area contributed by atoms with Gasteiger partial charge in [0.15, 0.2) is 0 Å². The van der Waals surface area contributed by atoms with E-state index in [4.69, 9.17) is 4.74 Å². The molecule has 0 radical (unpaired) electrons. The van der Waals surface area contributed by atoms with Crippen molar-refractivity contribution < 1.29 is 9.53 Å². The number of hydrogen-bond donors (Lipinski definition) is 2. The van der Waals surface area contributed by atoms with Gasteiger partial charge in [0.25, 0.3) is 0 Å². The van der Waals surface area contributed by atoms with Crippen LogP contribution in [0.15, 0.2) is 30.3 Å². The third-order valence-corrected chi connectivity index (χ3v) is 10.7. The van der Waals surface area contributed by atoms with Crippen LogP contribution >= 0.6 is 0 Å². The second-order valence-corrected chi connectivity index (χ2v) is 12.2. The van der Waals surface area contributed by atoms with Crippen LogP contribution in [0.5, 0.6) is 0 Å². The van der Waals surface area contributed by atoms with Gasteiger partial charge in [0, 0.05) is 12.6 Å². The second kappa shape index (κ2) is 9.24. The Labute approximate surface area is 200 Å². The van der Waals surface area contributed by atoms with Crippen LogP contribution in [0.1, 0.15) is 77.7 Å². The number of ether oxygens (including phenoxy) is 1. The van der Waals surface area contributed by atoms with E-state index < -0.39 is 0 Å². The summed E-state index contributed by atoms with van der Waals surface area (Å²) >= 11 is 0. The molecular weight excluding hydrogens is 408 g/mol. The number of fused-ring (bicyclic) bond motifs is 5. The lowest BCUT2D eigenvalue weighted by Crippen LogP contribution is -2.59. The molecule has 1 aromatic rings. The smallest absolute Gasteiger partial charge is 0.407 e. The number of amides is 1. The van der Waals surface area contributed by atoms with E-state index >= 15 is 0 Å². The highest BCUT2D eigenvalue weighted by atomic mass is 16.5. The summed E-state index contributed by atoms with van der Waals surface area (Å²) in [5, 5.41) is 6.96. The molecule has 4 heteroatoms. The number of alkyl carbamates (subject to hydrolysis) is 1. The van der Waals surface area contributed by atoms with E-state index in [1.165, 1.54) is 57.9 Å². The number of carbonyl (C=O) groups is 1. The van der Waals surface area contributed by atoms with E-state index in [1.807, 2.05) is 30.3 Å². The highest BCUT2D eigenvalue weighted by Crippen LogP contribution is 2.66. The minimum absolute atomic E-state index is 0.287. The Morgan fingerprint density at radius 1 is 1.06 bits per heavy atom. The molecule has 33 heavy (non-hydrogen) atoms. The third kappa shape index (κ3) is 4.22. The van der Waals surface area contributed by atoms with Gasteiger partial charge in [0.2, 0.25) is 0 Å². The highest BCUT2D eigenvalue weighted by molar-refractivity contribution is 5.67. The average Bonchev–Trinajstić information content (AvgIpc) is 3.19. The van der Waals surface area contributed by atoms with Gasteiger partial charge in [-0.25, -0.2) is 4.79 Å². The Hall–Kier alpha value is -1.55. The molecule has 0 spiro atoms. The zero-order valence-electron chi connectivity index (χ0n) is 20.9. The van der Waals surface area contributed by atoms with Crippen LogP contribution in [0, 0.1) is 40.4 Å². The van der Waals surface area contributed by atoms with Crippen molar-refractivity contribution >= 4 is 6.09 Å². The van der Waals surface area contributed by atoms with Crippen molar-refractivity contribution in [2.45, 2.75) is 84.8 Å². The first-order chi connectivity index (χ1) is 15.9. The molecule has 3 aliphatic carbocycles. The molecule has 1 aromatic carbocycles. The molecule has 182 valence electrons. The Morgan fingerprint density at radius 3 is 2.67 bits per heavy atom. The number of benzene rings is 1. The molecular formula is C29H44N2O2. The molecule has 1 heterocycles. The van der Waals surface area contributed by atoms with Gasteiger partial charge in [-0.05, 0) is 104 Å². The van der Waals surface area contributed by atoms with Crippen LogP contribution in [0.4, 0.5) is 4.79 Å². The van der Waals surface area contributed by atoms with E-state index in [0.717, 1.165) is 35.9 Å². The van der Waals surface area contributed by atoms with E-state index in [9.17, 15) is 4.79 Å². The molecule has 0 aromatic heterocycles. The van der Waals surface area contributed by atoms with Gasteiger partial charge in [-0.1, -0.05) is 51.1 Å². The summed E-state index contributed by atoms with van der Waals surface area (Å²) in [7, 11) is 0. The minimum Gasteiger partial charge on any atom is -0.445 e. The molecule has 2 N–H and O–H groups in total. The standard InChI is InChI=1S/C29H44N2O2/c1-20(18-31-27(32)33-19-21-8-5-4-6-9-21)23-11-12-24-22-10-13-26-29(3,15-7-17-30-26)25(22)14-16-28(23,24)2/h4-6,8-9,20,22-26,30H,7,10-19H2,1-3H3,(H,31,32)/t20?,22-,23+,24-,25-,26+,28+,29+/m0/s1. The van der Waals surface area contributed by atoms with Crippen molar-refractivity contribution in [3.63, 3.8) is 0 Å². The van der Waals surface area contributed by atoms with E-state index in [0.29, 0.717) is 29.3 Å². The fourth-order valence-electron chi connectivity index (χ4n) is 9.03. The number of hydrogen-bond acceptors (Lipinski definition) is 3. The zero-order chi connectivity index (χ0) is 23.1. The Kier molecular flexibility index (Phi) is 6.50. The average molecular weight is 453 g/mol. The van der Waals surface area contributed by atoms with Crippen LogP contribution in [-0.2, 0) is 11.3 Å². The fraction of sp³-hybridized carbons (Fsp3) is 0.759. The quantitative estimate of drug-likeness (QED) is 0.562. The summed E-state index contributed by atoms with van der Waals surface area (Å²) in [5.41, 5.74) is 1.97. The van der Waals surface area contributed by atoms with Crippen molar-refractivity contribution in [2.24, 2.45) is 40.4 Å². The Morgan fingerprint density at radius 2 is 1.85 bits per heavy atom. The molecule has 4 aliphatic rings. The first-order valence-electron chi connectivity index (χ1n) is 13.6. The summed E-state index contributed by atoms with van der Waals surface area (Å²) in [5.74, 6) is 3.87. The van der Waals surface area contributed by atoms with Crippen LogP contribution < -0.4 is 10.6 Å². The van der Waals surface area contributed by atoms with E-state index in [2.05, 4.69) is 31.4 Å². The van der Waals surface area contributed by atoms with Crippen molar-refractivity contribution in [3.05, 3.63) is 35.9 Å². The molecule has 3 saturated carbocycles. The number of rotatable bonds is 5. The molecule has 5 rings (SSSR count). The molecule has 1 saturated heterocycles. The molecule has 4 fully saturated rings. The largest absolute Gasteiger partial charge is 0.445 e. The van der Waals surface area contributed by atoms with Crippen LogP contribution in [-0.4, -0.2) is 25.2 Å². The highest BCUT2D eigenvalue weighted by Gasteiger charge is 2.60. The third-order valence-electron chi connectivity index (χ3n) is 10.7. The summed E-state index contributed by atoms with van der Waals surface area (Å²) in [4.78, 5) is 12.3. The molecule has 4 nitrogen and oxygen atoms in total. The summed E-state index contributed by atoms with van der Waals surface area (Å²) in [6.07, 6.45) is 10.8. The van der Waals surface area contributed by atoms with Crippen molar-refractivity contribution in [2.75, 3.05) is 13.1 Å². The van der Waals surface area contributed by atoms with Crippen LogP contribution in [0.2, 0.25) is 0 Å². The maximum absolute atomic E-state index is 12.3. The van der Waals surface area contributed by atoms with Crippen molar-refractivity contribution in [3.8, 4) is 0 Å².